The van der Waals surface area contributed by atoms with E-state index in [9.17, 15) is 30.3 Å². The van der Waals surface area contributed by atoms with E-state index in [2.05, 4.69) is 5.10 Å². The van der Waals surface area contributed by atoms with E-state index < -0.39 is 37.5 Å². The van der Waals surface area contributed by atoms with Crippen LogP contribution in [0.4, 0.5) is 22.7 Å². The lowest BCUT2D eigenvalue weighted by atomic mass is 10.2. The maximum atomic E-state index is 11.3. The van der Waals surface area contributed by atoms with E-state index in [1.54, 1.807) is 24.3 Å². The van der Waals surface area contributed by atoms with Crippen molar-refractivity contribution in [3.63, 3.8) is 0 Å². The minimum Gasteiger partial charge on any atom is -0.497 e. The molecule has 0 aliphatic carbocycles. The summed E-state index contributed by atoms with van der Waals surface area (Å²) in [5, 5.41) is 38.4. The average molecular weight is 375 g/mol. The average Bonchev–Trinajstić information content (AvgIpc) is 2.65. The largest absolute Gasteiger partial charge is 0.497 e. The van der Waals surface area contributed by atoms with Crippen LogP contribution in [0.2, 0.25) is 0 Å². The SMILES string of the molecule is COc1ccc(C=NN(C)c2c([N+](=O)[O-])cc([N+](=O)[O-])cc2[N+](=O)[O-])cc1. The van der Waals surface area contributed by atoms with Gasteiger partial charge in [-0.25, -0.2) is 0 Å². The molecule has 0 aliphatic heterocycles. The number of nitrogens with zero attached hydrogens (tertiary/aromatic N) is 5. The number of nitro groups is 3. The van der Waals surface area contributed by atoms with E-state index in [0.717, 1.165) is 5.01 Å². The van der Waals surface area contributed by atoms with Crippen molar-refractivity contribution in [1.82, 2.24) is 0 Å². The molecule has 0 amide bonds. The third-order valence-electron chi connectivity index (χ3n) is 3.48. The van der Waals surface area contributed by atoms with Gasteiger partial charge in [0.25, 0.3) is 5.69 Å². The van der Waals surface area contributed by atoms with Crippen molar-refractivity contribution in [2.24, 2.45) is 5.10 Å². The maximum absolute atomic E-state index is 11.3. The molecule has 140 valence electrons. The second-order valence-electron chi connectivity index (χ2n) is 5.15. The van der Waals surface area contributed by atoms with Crippen molar-refractivity contribution in [1.29, 1.82) is 0 Å². The Labute approximate surface area is 151 Å². The van der Waals surface area contributed by atoms with Crippen LogP contribution in [0.5, 0.6) is 5.75 Å². The van der Waals surface area contributed by atoms with Crippen LogP contribution in [0.15, 0.2) is 41.5 Å². The van der Waals surface area contributed by atoms with Crippen LogP contribution >= 0.6 is 0 Å². The number of ether oxygens (including phenoxy) is 1. The molecule has 0 heterocycles. The Bertz CT molecular complexity index is 892. The van der Waals surface area contributed by atoms with Crippen LogP contribution in [0.25, 0.3) is 0 Å². The minimum atomic E-state index is -0.940. The zero-order valence-corrected chi connectivity index (χ0v) is 14.1. The fraction of sp³-hybridized carbons (Fsp3) is 0.133. The molecule has 27 heavy (non-hydrogen) atoms. The highest BCUT2D eigenvalue weighted by Crippen LogP contribution is 2.40. The molecule has 0 fully saturated rings. The van der Waals surface area contributed by atoms with E-state index in [0.29, 0.717) is 23.4 Å². The van der Waals surface area contributed by atoms with Gasteiger partial charge in [0, 0.05) is 7.05 Å². The smallest absolute Gasteiger partial charge is 0.308 e. The van der Waals surface area contributed by atoms with Crippen molar-refractivity contribution >= 4 is 29.0 Å². The fourth-order valence-corrected chi connectivity index (χ4v) is 2.21. The highest BCUT2D eigenvalue weighted by molar-refractivity contribution is 5.83. The molecule has 2 aromatic carbocycles. The van der Waals surface area contributed by atoms with Crippen molar-refractivity contribution in [3.05, 3.63) is 72.3 Å². The lowest BCUT2D eigenvalue weighted by molar-refractivity contribution is -0.402. The molecule has 0 atom stereocenters. The number of methoxy groups -OCH3 is 1. The quantitative estimate of drug-likeness (QED) is 0.406. The summed E-state index contributed by atoms with van der Waals surface area (Å²) in [6.07, 6.45) is 1.33. The number of hydrogen-bond donors (Lipinski definition) is 0. The number of rotatable bonds is 7. The first-order valence-electron chi connectivity index (χ1n) is 7.27. The Balaban J connectivity index is 2.50. The second kappa shape index (κ2) is 7.86. The third-order valence-corrected chi connectivity index (χ3v) is 3.48. The van der Waals surface area contributed by atoms with Crippen LogP contribution in [0.3, 0.4) is 0 Å². The highest BCUT2D eigenvalue weighted by atomic mass is 16.6. The van der Waals surface area contributed by atoms with Crippen LogP contribution < -0.4 is 9.75 Å². The van der Waals surface area contributed by atoms with Gasteiger partial charge in [0.1, 0.15) is 5.75 Å². The van der Waals surface area contributed by atoms with Crippen LogP contribution in [-0.4, -0.2) is 35.1 Å². The molecule has 0 saturated heterocycles. The topological polar surface area (TPSA) is 154 Å². The zero-order chi connectivity index (χ0) is 20.1. The van der Waals surface area contributed by atoms with Gasteiger partial charge in [-0.2, -0.15) is 5.10 Å². The molecule has 0 unspecified atom stereocenters. The Morgan fingerprint density at radius 2 is 1.48 bits per heavy atom. The summed E-state index contributed by atoms with van der Waals surface area (Å²) < 4.78 is 5.02. The summed E-state index contributed by atoms with van der Waals surface area (Å²) in [7, 11) is 2.77. The molecule has 12 heteroatoms. The summed E-state index contributed by atoms with van der Waals surface area (Å²) in [5.74, 6) is 0.613. The van der Waals surface area contributed by atoms with E-state index in [1.807, 2.05) is 0 Å². The van der Waals surface area contributed by atoms with Crippen molar-refractivity contribution in [2.75, 3.05) is 19.2 Å². The summed E-state index contributed by atoms with van der Waals surface area (Å²) >= 11 is 0. The van der Waals surface area contributed by atoms with E-state index in [-0.39, 0.29) is 0 Å². The standard InChI is InChI=1S/C15H13N5O7/c1-17(16-9-10-3-5-12(27-2)6-4-10)15-13(19(23)24)7-11(18(21)22)8-14(15)20(25)26/h3-9H,1-2H3. The van der Waals surface area contributed by atoms with E-state index in [1.165, 1.54) is 20.4 Å². The van der Waals surface area contributed by atoms with Crippen molar-refractivity contribution in [3.8, 4) is 5.75 Å². The number of hydrogen-bond acceptors (Lipinski definition) is 9. The monoisotopic (exact) mass is 375 g/mol. The van der Waals surface area contributed by atoms with Gasteiger partial charge in [0.2, 0.25) is 5.69 Å². The summed E-state index contributed by atoms with van der Waals surface area (Å²) in [5.41, 5.74) is -2.23. The predicted octanol–water partition coefficient (Wildman–Crippen LogP) is 2.89. The lowest BCUT2D eigenvalue weighted by Gasteiger charge is -2.13. The minimum absolute atomic E-state index is 0.472. The van der Waals surface area contributed by atoms with E-state index in [4.69, 9.17) is 4.74 Å². The normalized spacial score (nSPS) is 10.6. The van der Waals surface area contributed by atoms with Gasteiger partial charge in [-0.3, -0.25) is 35.4 Å². The molecule has 0 aliphatic rings. The Hall–Kier alpha value is -4.09. The van der Waals surface area contributed by atoms with Gasteiger partial charge >= 0.3 is 11.4 Å². The second-order valence-corrected chi connectivity index (χ2v) is 5.15. The van der Waals surface area contributed by atoms with Gasteiger partial charge in [0.05, 0.1) is 40.2 Å². The molecular formula is C15H13N5O7. The Morgan fingerprint density at radius 3 is 1.89 bits per heavy atom. The molecule has 0 aromatic heterocycles. The summed E-state index contributed by atoms with van der Waals surface area (Å²) in [4.78, 5) is 30.7. The molecule has 0 N–H and O–H groups in total. The first kappa shape index (κ1) is 19.2. The van der Waals surface area contributed by atoms with Gasteiger partial charge < -0.3 is 4.74 Å². The van der Waals surface area contributed by atoms with Crippen LogP contribution in [0.1, 0.15) is 5.56 Å². The first-order chi connectivity index (χ1) is 12.7. The van der Waals surface area contributed by atoms with Crippen LogP contribution in [-0.2, 0) is 0 Å². The number of anilines is 1. The predicted molar refractivity (Wildman–Crippen MR) is 95.4 cm³/mol. The fourth-order valence-electron chi connectivity index (χ4n) is 2.21. The molecule has 2 rings (SSSR count). The molecule has 12 nitrogen and oxygen atoms in total. The molecular weight excluding hydrogens is 362 g/mol. The van der Waals surface area contributed by atoms with Gasteiger partial charge in [-0.1, -0.05) is 0 Å². The van der Waals surface area contributed by atoms with Gasteiger partial charge in [-0.15, -0.1) is 0 Å². The maximum Gasteiger partial charge on any atom is 0.308 e. The molecule has 2 aromatic rings. The number of nitro benzene ring substituents is 3. The summed E-state index contributed by atoms with van der Waals surface area (Å²) in [6, 6.07) is 7.96. The first-order valence-corrected chi connectivity index (χ1v) is 7.27. The summed E-state index contributed by atoms with van der Waals surface area (Å²) in [6.45, 7) is 0. The highest BCUT2D eigenvalue weighted by Gasteiger charge is 2.33. The molecule has 0 spiro atoms. The Morgan fingerprint density at radius 1 is 0.963 bits per heavy atom. The molecule has 0 saturated carbocycles. The molecule has 0 bridgehead atoms. The van der Waals surface area contributed by atoms with Gasteiger partial charge in [-0.05, 0) is 29.8 Å². The van der Waals surface area contributed by atoms with Crippen LogP contribution in [0, 0.1) is 30.3 Å². The molecule has 0 radical (unpaired) electrons. The third kappa shape index (κ3) is 4.31. The number of benzene rings is 2. The lowest BCUT2D eigenvalue weighted by Crippen LogP contribution is -2.14. The van der Waals surface area contributed by atoms with Crippen molar-refractivity contribution < 1.29 is 19.5 Å². The Kier molecular flexibility index (Phi) is 5.60. The number of non-ortho nitro benzene ring substituents is 1. The van der Waals surface area contributed by atoms with Crippen molar-refractivity contribution in [2.45, 2.75) is 0 Å². The number of hydrazone groups is 1. The zero-order valence-electron chi connectivity index (χ0n) is 14.1. The van der Waals surface area contributed by atoms with Gasteiger partial charge in [0.15, 0.2) is 0 Å². The van der Waals surface area contributed by atoms with E-state index >= 15 is 0 Å².